The minimum Gasteiger partial charge on any atom is -0.468 e. The van der Waals surface area contributed by atoms with Gasteiger partial charge in [0.2, 0.25) is 0 Å². The molecule has 1 atom stereocenters. The van der Waals surface area contributed by atoms with Crippen LogP contribution >= 0.6 is 11.6 Å². The molecule has 7 heteroatoms. The van der Waals surface area contributed by atoms with Crippen LogP contribution < -0.4 is 10.1 Å². The molecule has 0 amide bonds. The molecule has 1 unspecified atom stereocenters. The normalized spacial score (nSPS) is 11.8. The van der Waals surface area contributed by atoms with Gasteiger partial charge in [-0.1, -0.05) is 12.1 Å². The molecular formula is C14H22BClN2O3. The van der Waals surface area contributed by atoms with Crippen LogP contribution in [0.2, 0.25) is 0 Å². The van der Waals surface area contributed by atoms with Crippen LogP contribution in [0.25, 0.3) is 0 Å². The fourth-order valence-electron chi connectivity index (χ4n) is 1.94. The van der Waals surface area contributed by atoms with Crippen molar-refractivity contribution in [1.29, 1.82) is 0 Å². The van der Waals surface area contributed by atoms with Gasteiger partial charge in [-0.05, 0) is 24.1 Å². The van der Waals surface area contributed by atoms with E-state index in [0.717, 1.165) is 17.8 Å². The SMILES string of the molecule is COBNC(Cc1ccc(N(C)CCCl)cc1)C(=O)OC. The Balaban J connectivity index is 2.68. The van der Waals surface area contributed by atoms with Crippen LogP contribution in [0.4, 0.5) is 5.69 Å². The van der Waals surface area contributed by atoms with Crippen molar-refractivity contribution in [3.05, 3.63) is 29.8 Å². The van der Waals surface area contributed by atoms with Crippen LogP contribution in [0.3, 0.4) is 0 Å². The molecule has 0 saturated heterocycles. The average Bonchev–Trinajstić information content (AvgIpc) is 2.51. The summed E-state index contributed by atoms with van der Waals surface area (Å²) in [4.78, 5) is 13.8. The third kappa shape index (κ3) is 5.95. The highest BCUT2D eigenvalue weighted by Crippen LogP contribution is 2.15. The van der Waals surface area contributed by atoms with Gasteiger partial charge in [-0.3, -0.25) is 4.79 Å². The van der Waals surface area contributed by atoms with Gasteiger partial charge in [0.15, 0.2) is 0 Å². The molecule has 0 radical (unpaired) electrons. The van der Waals surface area contributed by atoms with Gasteiger partial charge in [0.25, 0.3) is 0 Å². The van der Waals surface area contributed by atoms with Gasteiger partial charge in [0, 0.05) is 32.3 Å². The molecule has 0 aromatic heterocycles. The van der Waals surface area contributed by atoms with Crippen molar-refractivity contribution in [3.63, 3.8) is 0 Å². The molecule has 1 N–H and O–H groups in total. The van der Waals surface area contributed by atoms with E-state index in [9.17, 15) is 4.79 Å². The Morgan fingerprint density at radius 3 is 2.57 bits per heavy atom. The van der Waals surface area contributed by atoms with Crippen LogP contribution in [0.15, 0.2) is 24.3 Å². The summed E-state index contributed by atoms with van der Waals surface area (Å²) in [7, 11) is 5.25. The van der Waals surface area contributed by atoms with Gasteiger partial charge in [0.05, 0.1) is 7.11 Å². The highest BCUT2D eigenvalue weighted by molar-refractivity contribution is 6.24. The zero-order chi connectivity index (χ0) is 15.7. The van der Waals surface area contributed by atoms with Crippen molar-refractivity contribution < 1.29 is 14.2 Å². The van der Waals surface area contributed by atoms with Crippen LogP contribution in [-0.2, 0) is 20.6 Å². The number of halogens is 1. The number of rotatable bonds is 9. The van der Waals surface area contributed by atoms with Crippen LogP contribution in [0, 0.1) is 0 Å². The van der Waals surface area contributed by atoms with E-state index in [4.69, 9.17) is 21.0 Å². The maximum absolute atomic E-state index is 11.7. The second-order valence-corrected chi connectivity index (χ2v) is 5.07. The van der Waals surface area contributed by atoms with Gasteiger partial charge in [0.1, 0.15) is 6.04 Å². The highest BCUT2D eigenvalue weighted by atomic mass is 35.5. The standard InChI is InChI=1S/C14H22BClN2O3/c1-18(9-8-16)12-6-4-11(5-7-12)10-13(14(19)20-2)17-15-21-3/h4-7,13,15,17H,8-10H2,1-3H3. The lowest BCUT2D eigenvalue weighted by atomic mass is 10.0. The Morgan fingerprint density at radius 1 is 1.38 bits per heavy atom. The Morgan fingerprint density at radius 2 is 2.05 bits per heavy atom. The van der Waals surface area contributed by atoms with E-state index in [1.807, 2.05) is 31.3 Å². The van der Waals surface area contributed by atoms with Crippen LogP contribution in [0.1, 0.15) is 5.56 Å². The fraction of sp³-hybridized carbons (Fsp3) is 0.500. The number of alkyl halides is 1. The second kappa shape index (κ2) is 9.66. The number of nitrogens with zero attached hydrogens (tertiary/aromatic N) is 1. The zero-order valence-corrected chi connectivity index (χ0v) is 13.5. The molecule has 0 heterocycles. The summed E-state index contributed by atoms with van der Waals surface area (Å²) >= 11 is 5.73. The van der Waals surface area contributed by atoms with Crippen molar-refractivity contribution in [3.8, 4) is 0 Å². The molecule has 0 bridgehead atoms. The molecule has 0 aliphatic heterocycles. The van der Waals surface area contributed by atoms with E-state index < -0.39 is 6.04 Å². The Hall–Kier alpha value is -1.24. The predicted molar refractivity (Wildman–Crippen MR) is 87.2 cm³/mol. The summed E-state index contributed by atoms with van der Waals surface area (Å²) < 4.78 is 9.74. The Kier molecular flexibility index (Phi) is 8.19. The van der Waals surface area contributed by atoms with E-state index in [2.05, 4.69) is 10.1 Å². The Bertz CT molecular complexity index is 431. The highest BCUT2D eigenvalue weighted by Gasteiger charge is 2.19. The number of nitrogens with one attached hydrogen (secondary N) is 1. The molecule has 116 valence electrons. The van der Waals surface area contributed by atoms with E-state index >= 15 is 0 Å². The molecule has 0 saturated carbocycles. The molecule has 5 nitrogen and oxygen atoms in total. The molecule has 21 heavy (non-hydrogen) atoms. The Labute approximate surface area is 131 Å². The zero-order valence-electron chi connectivity index (χ0n) is 12.8. The van der Waals surface area contributed by atoms with Gasteiger partial charge in [-0.15, -0.1) is 11.6 Å². The maximum Gasteiger partial charge on any atom is 0.361 e. The van der Waals surface area contributed by atoms with Crippen molar-refractivity contribution >= 4 is 30.9 Å². The molecule has 1 aromatic rings. The lowest BCUT2D eigenvalue weighted by Crippen LogP contribution is -2.42. The first-order valence-corrected chi connectivity index (χ1v) is 7.32. The lowest BCUT2D eigenvalue weighted by Gasteiger charge is -2.19. The second-order valence-electron chi connectivity index (χ2n) is 4.69. The predicted octanol–water partition coefficient (Wildman–Crippen LogP) is 0.948. The quantitative estimate of drug-likeness (QED) is 0.418. The molecule has 0 fully saturated rings. The number of hydrogen-bond acceptors (Lipinski definition) is 5. The van der Waals surface area contributed by atoms with Crippen molar-refractivity contribution in [1.82, 2.24) is 5.23 Å². The summed E-state index contributed by atoms with van der Waals surface area (Å²) in [5, 5.41) is 3.00. The van der Waals surface area contributed by atoms with E-state index in [-0.39, 0.29) is 5.97 Å². The van der Waals surface area contributed by atoms with Crippen LogP contribution in [-0.4, -0.2) is 53.3 Å². The summed E-state index contributed by atoms with van der Waals surface area (Å²) in [6.07, 6.45) is 0.551. The molecule has 0 aliphatic rings. The third-order valence-electron chi connectivity index (χ3n) is 3.20. The number of hydrogen-bond donors (Lipinski definition) is 1. The minimum absolute atomic E-state index is 0.296. The van der Waals surface area contributed by atoms with E-state index in [1.54, 1.807) is 7.11 Å². The van der Waals surface area contributed by atoms with Crippen LogP contribution in [0.5, 0.6) is 0 Å². The first-order valence-electron chi connectivity index (χ1n) is 6.78. The third-order valence-corrected chi connectivity index (χ3v) is 3.37. The summed E-state index contributed by atoms with van der Waals surface area (Å²) in [5.41, 5.74) is 2.15. The number of methoxy groups -OCH3 is 1. The van der Waals surface area contributed by atoms with Crippen molar-refractivity contribution in [2.24, 2.45) is 0 Å². The van der Waals surface area contributed by atoms with Gasteiger partial charge >= 0.3 is 13.6 Å². The number of ether oxygens (including phenoxy) is 1. The summed E-state index contributed by atoms with van der Waals surface area (Å²) in [6.45, 7) is 0.793. The van der Waals surface area contributed by atoms with Crippen molar-refractivity contribution in [2.75, 3.05) is 38.6 Å². The fourth-order valence-corrected chi connectivity index (χ4v) is 2.20. The number of carbonyl (C=O) groups excluding carboxylic acids is 1. The average molecular weight is 313 g/mol. The molecule has 0 aliphatic carbocycles. The molecular weight excluding hydrogens is 290 g/mol. The lowest BCUT2D eigenvalue weighted by molar-refractivity contribution is -0.142. The van der Waals surface area contributed by atoms with Gasteiger partial charge in [-0.2, -0.15) is 0 Å². The monoisotopic (exact) mass is 312 g/mol. The van der Waals surface area contributed by atoms with Crippen molar-refractivity contribution in [2.45, 2.75) is 12.5 Å². The van der Waals surface area contributed by atoms with Gasteiger partial charge in [-0.25, -0.2) is 0 Å². The summed E-state index contributed by atoms with van der Waals surface area (Å²) in [5.74, 6) is 0.291. The largest absolute Gasteiger partial charge is 0.468 e. The number of carbonyl (C=O) groups is 1. The topological polar surface area (TPSA) is 50.8 Å². The first-order chi connectivity index (χ1) is 10.1. The van der Waals surface area contributed by atoms with E-state index in [0.29, 0.717) is 19.9 Å². The maximum atomic E-state index is 11.7. The van der Waals surface area contributed by atoms with E-state index in [1.165, 1.54) is 7.11 Å². The number of anilines is 1. The molecule has 1 aromatic carbocycles. The number of esters is 1. The van der Waals surface area contributed by atoms with Gasteiger partial charge < -0.3 is 19.5 Å². The molecule has 1 rings (SSSR count). The first kappa shape index (κ1) is 17.8. The summed E-state index contributed by atoms with van der Waals surface area (Å²) in [6, 6.07) is 7.63. The molecule has 0 spiro atoms. The number of benzene rings is 1. The smallest absolute Gasteiger partial charge is 0.361 e. The minimum atomic E-state index is -0.415.